The second-order valence-corrected chi connectivity index (χ2v) is 1.53. The van der Waals surface area contributed by atoms with Crippen LogP contribution >= 0.6 is 24.2 Å². The summed E-state index contributed by atoms with van der Waals surface area (Å²) in [7, 11) is 0. The number of halogens is 2. The van der Waals surface area contributed by atoms with Gasteiger partial charge in [-0.2, -0.15) is 4.51 Å². The zero-order chi connectivity index (χ0) is 5.70. The van der Waals surface area contributed by atoms with Crippen LogP contribution in [0.2, 0.25) is 0 Å². The van der Waals surface area contributed by atoms with Crippen LogP contribution in [0.4, 0.5) is 0 Å². The van der Waals surface area contributed by atoms with Crippen LogP contribution in [0.1, 0.15) is 26.7 Å². The Kier molecular flexibility index (Phi) is 10.1. The SMILES string of the molecule is CCC(CC)=NCl.Cl. The molecule has 0 bridgehead atoms. The smallest absolute Gasteiger partial charge is 0.0364 e. The van der Waals surface area contributed by atoms with Crippen LogP contribution in [0.25, 0.3) is 0 Å². The molecule has 0 aromatic heterocycles. The fourth-order valence-electron chi connectivity index (χ4n) is 0.370. The molecule has 0 aliphatic rings. The Morgan fingerprint density at radius 1 is 1.38 bits per heavy atom. The van der Waals surface area contributed by atoms with Crippen molar-refractivity contribution in [1.29, 1.82) is 0 Å². The van der Waals surface area contributed by atoms with Crippen LogP contribution in [0.3, 0.4) is 0 Å². The summed E-state index contributed by atoms with van der Waals surface area (Å²) in [5, 5.41) is 0. The minimum atomic E-state index is 0. The highest BCUT2D eigenvalue weighted by Crippen LogP contribution is 1.92. The fourth-order valence-corrected chi connectivity index (χ4v) is 0.609. The quantitative estimate of drug-likeness (QED) is 0.545. The third kappa shape index (κ3) is 4.41. The molecule has 0 atom stereocenters. The zero-order valence-corrected chi connectivity index (χ0v) is 6.72. The summed E-state index contributed by atoms with van der Waals surface area (Å²) in [6.07, 6.45) is 1.94. The first-order chi connectivity index (χ1) is 3.35. The molecule has 0 aliphatic carbocycles. The average molecular weight is 156 g/mol. The maximum absolute atomic E-state index is 5.16. The van der Waals surface area contributed by atoms with E-state index in [0.29, 0.717) is 0 Å². The summed E-state index contributed by atoms with van der Waals surface area (Å²) in [4.78, 5) is 0. The first-order valence-electron chi connectivity index (χ1n) is 2.51. The van der Waals surface area contributed by atoms with E-state index in [1.165, 1.54) is 0 Å². The number of hydrogen-bond acceptors (Lipinski definition) is 1. The predicted molar refractivity (Wildman–Crippen MR) is 41.1 cm³/mol. The maximum Gasteiger partial charge on any atom is 0.0364 e. The predicted octanol–water partition coefficient (Wildman–Crippen LogP) is 2.82. The standard InChI is InChI=1S/C5H10ClN.ClH/c1-3-5(4-2)7-6;/h3-4H2,1-2H3;1H. The van der Waals surface area contributed by atoms with E-state index in [1.807, 2.05) is 13.8 Å². The van der Waals surface area contributed by atoms with Gasteiger partial charge in [0.15, 0.2) is 0 Å². The van der Waals surface area contributed by atoms with E-state index in [2.05, 4.69) is 4.51 Å². The van der Waals surface area contributed by atoms with Gasteiger partial charge in [0.1, 0.15) is 0 Å². The molecule has 0 spiro atoms. The molecule has 0 heterocycles. The molecule has 1 nitrogen and oxygen atoms in total. The molecule has 0 aromatic carbocycles. The molecular formula is C5H11Cl2N. The van der Waals surface area contributed by atoms with Crippen molar-refractivity contribution in [3.8, 4) is 0 Å². The van der Waals surface area contributed by atoms with Crippen molar-refractivity contribution in [3.05, 3.63) is 0 Å². The number of rotatable bonds is 2. The molecule has 0 rings (SSSR count). The van der Waals surface area contributed by atoms with E-state index in [4.69, 9.17) is 11.8 Å². The van der Waals surface area contributed by atoms with E-state index >= 15 is 0 Å². The molecule has 0 radical (unpaired) electrons. The molecule has 0 aromatic rings. The molecule has 0 fully saturated rings. The Bertz CT molecular complexity index is 64.8. The second-order valence-electron chi connectivity index (χ2n) is 1.36. The average Bonchev–Trinajstić information content (AvgIpc) is 1.72. The molecule has 3 heteroatoms. The van der Waals surface area contributed by atoms with Gasteiger partial charge in [0.25, 0.3) is 0 Å². The van der Waals surface area contributed by atoms with Crippen LogP contribution in [-0.2, 0) is 0 Å². The van der Waals surface area contributed by atoms with Gasteiger partial charge in [0.2, 0.25) is 0 Å². The minimum Gasteiger partial charge on any atom is -0.187 e. The van der Waals surface area contributed by atoms with Crippen LogP contribution in [0.15, 0.2) is 4.51 Å². The highest BCUT2D eigenvalue weighted by molar-refractivity contribution is 6.20. The van der Waals surface area contributed by atoms with Crippen molar-refractivity contribution in [2.75, 3.05) is 0 Å². The van der Waals surface area contributed by atoms with E-state index < -0.39 is 0 Å². The van der Waals surface area contributed by atoms with E-state index in [0.717, 1.165) is 18.6 Å². The third-order valence-corrected chi connectivity index (χ3v) is 1.17. The van der Waals surface area contributed by atoms with Crippen molar-refractivity contribution in [2.45, 2.75) is 26.7 Å². The second kappa shape index (κ2) is 7.25. The number of hydrogen-bond donors (Lipinski definition) is 0. The summed E-state index contributed by atoms with van der Waals surface area (Å²) in [6, 6.07) is 0. The Morgan fingerprint density at radius 2 is 1.75 bits per heavy atom. The first kappa shape index (κ1) is 11.1. The topological polar surface area (TPSA) is 12.4 Å². The monoisotopic (exact) mass is 155 g/mol. The first-order valence-corrected chi connectivity index (χ1v) is 2.85. The van der Waals surface area contributed by atoms with Crippen LogP contribution in [0, 0.1) is 0 Å². The van der Waals surface area contributed by atoms with E-state index in [9.17, 15) is 0 Å². The van der Waals surface area contributed by atoms with Gasteiger partial charge >= 0.3 is 0 Å². The van der Waals surface area contributed by atoms with E-state index in [1.54, 1.807) is 0 Å². The lowest BCUT2D eigenvalue weighted by atomic mass is 10.2. The van der Waals surface area contributed by atoms with Gasteiger partial charge in [-0.05, 0) is 12.8 Å². The summed E-state index contributed by atoms with van der Waals surface area (Å²) < 4.78 is 3.51. The zero-order valence-electron chi connectivity index (χ0n) is 5.15. The van der Waals surface area contributed by atoms with Gasteiger partial charge in [0, 0.05) is 17.5 Å². The molecule has 8 heavy (non-hydrogen) atoms. The third-order valence-electron chi connectivity index (χ3n) is 0.936. The van der Waals surface area contributed by atoms with Gasteiger partial charge in [-0.3, -0.25) is 0 Å². The molecule has 0 N–H and O–H groups in total. The molecule has 0 saturated carbocycles. The summed E-state index contributed by atoms with van der Waals surface area (Å²) in [5.41, 5.74) is 1.07. The molecular weight excluding hydrogens is 145 g/mol. The van der Waals surface area contributed by atoms with Crippen molar-refractivity contribution >= 4 is 29.9 Å². The lowest BCUT2D eigenvalue weighted by molar-refractivity contribution is 1.16. The lowest BCUT2D eigenvalue weighted by Crippen LogP contribution is -1.88. The maximum atomic E-state index is 5.16. The van der Waals surface area contributed by atoms with Crippen LogP contribution in [0.5, 0.6) is 0 Å². The molecule has 50 valence electrons. The van der Waals surface area contributed by atoms with Gasteiger partial charge in [-0.15, -0.1) is 12.4 Å². The largest absolute Gasteiger partial charge is 0.187 e. The Hall–Kier alpha value is 0.250. The molecule has 0 saturated heterocycles. The summed E-state index contributed by atoms with van der Waals surface area (Å²) in [6.45, 7) is 4.09. The minimum absolute atomic E-state index is 0. The van der Waals surface area contributed by atoms with Gasteiger partial charge < -0.3 is 0 Å². The van der Waals surface area contributed by atoms with Crippen molar-refractivity contribution < 1.29 is 0 Å². The van der Waals surface area contributed by atoms with Crippen molar-refractivity contribution in [1.82, 2.24) is 0 Å². The Balaban J connectivity index is 0. The molecule has 0 unspecified atom stereocenters. The highest BCUT2D eigenvalue weighted by atomic mass is 35.5. The lowest BCUT2D eigenvalue weighted by Gasteiger charge is -1.89. The van der Waals surface area contributed by atoms with Crippen LogP contribution in [-0.4, -0.2) is 5.71 Å². The summed E-state index contributed by atoms with van der Waals surface area (Å²) in [5.74, 6) is 0. The van der Waals surface area contributed by atoms with Crippen molar-refractivity contribution in [3.63, 3.8) is 0 Å². The molecule has 0 amide bonds. The van der Waals surface area contributed by atoms with Gasteiger partial charge in [0.05, 0.1) is 0 Å². The Morgan fingerprint density at radius 3 is 1.75 bits per heavy atom. The van der Waals surface area contributed by atoms with Gasteiger partial charge in [-0.1, -0.05) is 13.8 Å². The van der Waals surface area contributed by atoms with E-state index in [-0.39, 0.29) is 12.4 Å². The molecule has 0 aliphatic heterocycles. The fraction of sp³-hybridized carbons (Fsp3) is 0.800. The Labute approximate surface area is 61.7 Å². The number of nitrogens with zero attached hydrogens (tertiary/aromatic N) is 1. The van der Waals surface area contributed by atoms with Crippen LogP contribution < -0.4 is 0 Å². The normalized spacial score (nSPS) is 7.38. The summed E-state index contributed by atoms with van der Waals surface area (Å²) >= 11 is 5.16. The van der Waals surface area contributed by atoms with Crippen molar-refractivity contribution in [2.24, 2.45) is 4.51 Å². The highest BCUT2D eigenvalue weighted by Gasteiger charge is 1.86. The van der Waals surface area contributed by atoms with Gasteiger partial charge in [-0.25, -0.2) is 0 Å².